The molecule has 0 N–H and O–H groups in total. The summed E-state index contributed by atoms with van der Waals surface area (Å²) in [6.45, 7) is 5.60. The second-order valence-corrected chi connectivity index (χ2v) is 7.35. The molecule has 0 bridgehead atoms. The van der Waals surface area contributed by atoms with Crippen LogP contribution in [0.1, 0.15) is 33.3 Å². The number of rotatable bonds is 4. The first kappa shape index (κ1) is 20.0. The van der Waals surface area contributed by atoms with Crippen molar-refractivity contribution in [1.82, 2.24) is 9.88 Å². The molecule has 0 spiro atoms. The van der Waals surface area contributed by atoms with Gasteiger partial charge in [0, 0.05) is 24.0 Å². The Kier molecular flexibility index (Phi) is 5.77. The van der Waals surface area contributed by atoms with Gasteiger partial charge < -0.3 is 14.4 Å². The van der Waals surface area contributed by atoms with Crippen LogP contribution in [0.25, 0.3) is 10.9 Å². The minimum atomic E-state index is -1.01. The second-order valence-electron chi connectivity index (χ2n) is 7.35. The molecule has 6 heteroatoms. The van der Waals surface area contributed by atoms with Gasteiger partial charge in [-0.15, -0.1) is 0 Å². The first-order valence-electron chi connectivity index (χ1n) is 10.0. The second kappa shape index (κ2) is 8.63. The van der Waals surface area contributed by atoms with Crippen LogP contribution in [0.3, 0.4) is 0 Å². The summed E-state index contributed by atoms with van der Waals surface area (Å²) in [5.74, 6) is -0.777. The van der Waals surface area contributed by atoms with Crippen LogP contribution in [-0.4, -0.2) is 48.1 Å². The quantitative estimate of drug-likeness (QED) is 0.622. The lowest BCUT2D eigenvalue weighted by atomic mass is 10.0. The summed E-state index contributed by atoms with van der Waals surface area (Å²) >= 11 is 0. The van der Waals surface area contributed by atoms with Gasteiger partial charge in [0.15, 0.2) is 0 Å². The highest BCUT2D eigenvalue weighted by atomic mass is 16.5. The molecule has 2 heterocycles. The standard InChI is InChI=1S/C24H24N2O4/c1-16-19-10-6-7-11-20(19)25-17(2)21(16)24(28)30-22(18-8-4-3-5-9-18)23(27)26-12-14-29-15-13-26/h3-11,22H,12-15H2,1-2H3. The lowest BCUT2D eigenvalue weighted by Crippen LogP contribution is -2.44. The number of morpholine rings is 1. The SMILES string of the molecule is Cc1nc2ccccc2c(C)c1C(=O)OC(C(=O)N1CCOCC1)c1ccccc1. The van der Waals surface area contributed by atoms with E-state index in [0.29, 0.717) is 43.1 Å². The summed E-state index contributed by atoms with van der Waals surface area (Å²) in [5, 5.41) is 0.894. The third kappa shape index (κ3) is 3.91. The molecule has 154 valence electrons. The van der Waals surface area contributed by atoms with Gasteiger partial charge in [-0.2, -0.15) is 0 Å². The predicted molar refractivity (Wildman–Crippen MR) is 113 cm³/mol. The van der Waals surface area contributed by atoms with E-state index in [1.54, 1.807) is 24.0 Å². The van der Waals surface area contributed by atoms with Crippen molar-refractivity contribution in [2.75, 3.05) is 26.3 Å². The zero-order valence-corrected chi connectivity index (χ0v) is 17.1. The number of fused-ring (bicyclic) bond motifs is 1. The Morgan fingerprint density at radius 1 is 1.00 bits per heavy atom. The largest absolute Gasteiger partial charge is 0.444 e. The minimum absolute atomic E-state index is 0.234. The molecule has 1 saturated heterocycles. The number of ether oxygens (including phenoxy) is 2. The lowest BCUT2D eigenvalue weighted by Gasteiger charge is -2.30. The Labute approximate surface area is 175 Å². The molecule has 1 unspecified atom stereocenters. The van der Waals surface area contributed by atoms with Gasteiger partial charge in [0.25, 0.3) is 5.91 Å². The Morgan fingerprint density at radius 3 is 2.40 bits per heavy atom. The van der Waals surface area contributed by atoms with Crippen molar-refractivity contribution in [3.8, 4) is 0 Å². The Balaban J connectivity index is 1.68. The molecule has 1 fully saturated rings. The topological polar surface area (TPSA) is 68.7 Å². The average Bonchev–Trinajstić information content (AvgIpc) is 2.78. The van der Waals surface area contributed by atoms with Gasteiger partial charge in [0.05, 0.1) is 30.0 Å². The number of aryl methyl sites for hydroxylation is 2. The van der Waals surface area contributed by atoms with Gasteiger partial charge in [-0.05, 0) is 25.5 Å². The molecule has 3 aromatic rings. The number of pyridine rings is 1. The summed E-state index contributed by atoms with van der Waals surface area (Å²) in [6, 6.07) is 16.8. The third-order valence-electron chi connectivity index (χ3n) is 5.41. The zero-order chi connectivity index (χ0) is 21.1. The van der Waals surface area contributed by atoms with E-state index in [4.69, 9.17) is 9.47 Å². The zero-order valence-electron chi connectivity index (χ0n) is 17.1. The van der Waals surface area contributed by atoms with Crippen molar-refractivity contribution < 1.29 is 19.1 Å². The minimum Gasteiger partial charge on any atom is -0.444 e. The molecule has 4 rings (SSSR count). The number of carbonyl (C=O) groups excluding carboxylic acids is 2. The monoisotopic (exact) mass is 404 g/mol. The van der Waals surface area contributed by atoms with Crippen LogP contribution in [0.5, 0.6) is 0 Å². The number of hydrogen-bond donors (Lipinski definition) is 0. The number of hydrogen-bond acceptors (Lipinski definition) is 5. The van der Waals surface area contributed by atoms with Gasteiger partial charge >= 0.3 is 5.97 Å². The molecule has 1 aliphatic rings. The van der Waals surface area contributed by atoms with Crippen molar-refractivity contribution >= 4 is 22.8 Å². The van der Waals surface area contributed by atoms with Gasteiger partial charge in [-0.25, -0.2) is 4.79 Å². The van der Waals surface area contributed by atoms with Gasteiger partial charge in [0.2, 0.25) is 6.10 Å². The molecule has 30 heavy (non-hydrogen) atoms. The van der Waals surface area contributed by atoms with E-state index in [1.807, 2.05) is 49.4 Å². The number of nitrogens with zero attached hydrogens (tertiary/aromatic N) is 2. The number of aromatic nitrogens is 1. The van der Waals surface area contributed by atoms with Crippen LogP contribution in [0.2, 0.25) is 0 Å². The summed E-state index contributed by atoms with van der Waals surface area (Å²) in [7, 11) is 0. The van der Waals surface area contributed by atoms with Gasteiger partial charge in [-0.1, -0.05) is 48.5 Å². The molecular formula is C24H24N2O4. The van der Waals surface area contributed by atoms with Gasteiger partial charge in [0.1, 0.15) is 0 Å². The van der Waals surface area contributed by atoms with E-state index < -0.39 is 12.1 Å². The molecule has 1 aliphatic heterocycles. The summed E-state index contributed by atoms with van der Waals surface area (Å²) in [6.07, 6.45) is -1.01. The molecule has 6 nitrogen and oxygen atoms in total. The number of esters is 1. The third-order valence-corrected chi connectivity index (χ3v) is 5.41. The van der Waals surface area contributed by atoms with Crippen LogP contribution in [0.4, 0.5) is 0 Å². The Morgan fingerprint density at radius 2 is 1.67 bits per heavy atom. The van der Waals surface area contributed by atoms with E-state index in [2.05, 4.69) is 4.98 Å². The van der Waals surface area contributed by atoms with Gasteiger partial charge in [-0.3, -0.25) is 9.78 Å². The smallest absolute Gasteiger partial charge is 0.341 e. The van der Waals surface area contributed by atoms with Crippen LogP contribution in [0.15, 0.2) is 54.6 Å². The van der Waals surface area contributed by atoms with Crippen LogP contribution in [-0.2, 0) is 14.3 Å². The molecular weight excluding hydrogens is 380 g/mol. The number of carbonyl (C=O) groups is 2. The number of para-hydroxylation sites is 1. The summed E-state index contributed by atoms with van der Waals surface area (Å²) < 4.78 is 11.2. The highest BCUT2D eigenvalue weighted by Gasteiger charge is 2.32. The molecule has 0 saturated carbocycles. The molecule has 1 aromatic heterocycles. The molecule has 0 aliphatic carbocycles. The maximum Gasteiger partial charge on any atom is 0.341 e. The van der Waals surface area contributed by atoms with E-state index in [9.17, 15) is 9.59 Å². The fourth-order valence-corrected chi connectivity index (χ4v) is 3.84. The summed E-state index contributed by atoms with van der Waals surface area (Å²) in [5.41, 5.74) is 3.26. The van der Waals surface area contributed by atoms with Crippen molar-refractivity contribution in [2.24, 2.45) is 0 Å². The fraction of sp³-hybridized carbons (Fsp3) is 0.292. The van der Waals surface area contributed by atoms with Crippen LogP contribution in [0, 0.1) is 13.8 Å². The highest BCUT2D eigenvalue weighted by Crippen LogP contribution is 2.27. The summed E-state index contributed by atoms with van der Waals surface area (Å²) in [4.78, 5) is 32.7. The molecule has 0 radical (unpaired) electrons. The maximum atomic E-state index is 13.2. The van der Waals surface area contributed by atoms with Crippen LogP contribution >= 0.6 is 0 Å². The van der Waals surface area contributed by atoms with Crippen molar-refractivity contribution in [1.29, 1.82) is 0 Å². The first-order chi connectivity index (χ1) is 14.6. The van der Waals surface area contributed by atoms with E-state index in [1.165, 1.54) is 0 Å². The number of amides is 1. The van der Waals surface area contributed by atoms with Crippen molar-refractivity contribution in [3.63, 3.8) is 0 Å². The highest BCUT2D eigenvalue weighted by molar-refractivity contribution is 5.99. The number of benzene rings is 2. The molecule has 1 amide bonds. The lowest BCUT2D eigenvalue weighted by molar-refractivity contribution is -0.145. The van der Waals surface area contributed by atoms with E-state index >= 15 is 0 Å². The van der Waals surface area contributed by atoms with Crippen molar-refractivity contribution in [2.45, 2.75) is 20.0 Å². The van der Waals surface area contributed by atoms with E-state index in [-0.39, 0.29) is 5.91 Å². The van der Waals surface area contributed by atoms with Crippen LogP contribution < -0.4 is 0 Å². The first-order valence-corrected chi connectivity index (χ1v) is 10.0. The Bertz CT molecular complexity index is 1080. The molecule has 1 atom stereocenters. The normalized spacial score (nSPS) is 15.1. The average molecular weight is 404 g/mol. The predicted octanol–water partition coefficient (Wildman–Crippen LogP) is 3.61. The van der Waals surface area contributed by atoms with E-state index in [0.717, 1.165) is 16.5 Å². The maximum absolute atomic E-state index is 13.2. The molecule has 2 aromatic carbocycles. The Hall–Kier alpha value is -3.25. The van der Waals surface area contributed by atoms with Crippen molar-refractivity contribution in [3.05, 3.63) is 77.0 Å². The fourth-order valence-electron chi connectivity index (χ4n) is 3.84.